The molecule has 2 fully saturated rings. The molecule has 136 valence electrons. The van der Waals surface area contributed by atoms with Gasteiger partial charge in [-0.3, -0.25) is 4.79 Å². The first kappa shape index (κ1) is 15.7. The predicted molar refractivity (Wildman–Crippen MR) is 90.2 cm³/mol. The van der Waals surface area contributed by atoms with Crippen LogP contribution in [0.2, 0.25) is 0 Å². The summed E-state index contributed by atoms with van der Waals surface area (Å²) in [6.07, 6.45) is 2.42. The van der Waals surface area contributed by atoms with E-state index in [1.807, 2.05) is 23.1 Å². The van der Waals surface area contributed by atoms with Crippen molar-refractivity contribution in [1.29, 1.82) is 0 Å². The summed E-state index contributed by atoms with van der Waals surface area (Å²) in [5, 5.41) is 8.55. The third-order valence-electron chi connectivity index (χ3n) is 5.64. The monoisotopic (exact) mass is 355 g/mol. The molecule has 0 N–H and O–H groups in total. The van der Waals surface area contributed by atoms with Gasteiger partial charge >= 0.3 is 0 Å². The SMILES string of the molecule is O=C(C1[C@H]2COC[C@@H]12)N1CCc2nnc(COc3ccccn3)n2CC1. The summed E-state index contributed by atoms with van der Waals surface area (Å²) in [5.74, 6) is 3.62. The Balaban J connectivity index is 1.23. The van der Waals surface area contributed by atoms with Gasteiger partial charge in [-0.2, -0.15) is 0 Å². The summed E-state index contributed by atoms with van der Waals surface area (Å²) in [7, 11) is 0. The minimum Gasteiger partial charge on any atom is -0.469 e. The van der Waals surface area contributed by atoms with Crippen LogP contribution in [0.15, 0.2) is 24.4 Å². The maximum atomic E-state index is 12.8. The third kappa shape index (κ3) is 2.74. The van der Waals surface area contributed by atoms with Gasteiger partial charge in [-0.25, -0.2) is 4.98 Å². The predicted octanol–water partition coefficient (Wildman–Crippen LogP) is 0.529. The number of pyridine rings is 1. The van der Waals surface area contributed by atoms with E-state index in [9.17, 15) is 4.79 Å². The van der Waals surface area contributed by atoms with Crippen molar-refractivity contribution in [2.24, 2.45) is 17.8 Å². The fourth-order valence-corrected chi connectivity index (χ4v) is 4.10. The molecule has 2 aliphatic heterocycles. The van der Waals surface area contributed by atoms with E-state index in [0.717, 1.165) is 31.3 Å². The molecule has 1 saturated heterocycles. The van der Waals surface area contributed by atoms with Crippen molar-refractivity contribution in [3.8, 4) is 5.88 Å². The Hall–Kier alpha value is -2.48. The number of rotatable bonds is 4. The zero-order valence-corrected chi connectivity index (χ0v) is 14.5. The fraction of sp³-hybridized carbons (Fsp3) is 0.556. The molecule has 0 bridgehead atoms. The molecule has 0 spiro atoms. The molecule has 8 nitrogen and oxygen atoms in total. The number of amides is 1. The number of nitrogens with zero attached hydrogens (tertiary/aromatic N) is 5. The largest absolute Gasteiger partial charge is 0.469 e. The van der Waals surface area contributed by atoms with Crippen LogP contribution < -0.4 is 4.74 Å². The number of carbonyl (C=O) groups is 1. The van der Waals surface area contributed by atoms with Crippen LogP contribution in [-0.4, -0.2) is 56.9 Å². The van der Waals surface area contributed by atoms with Crippen molar-refractivity contribution < 1.29 is 14.3 Å². The van der Waals surface area contributed by atoms with E-state index in [1.165, 1.54) is 0 Å². The van der Waals surface area contributed by atoms with E-state index in [2.05, 4.69) is 19.7 Å². The molecule has 1 amide bonds. The molecule has 0 radical (unpaired) electrons. The Kier molecular flexibility index (Phi) is 3.85. The van der Waals surface area contributed by atoms with Crippen LogP contribution in [0.4, 0.5) is 0 Å². The van der Waals surface area contributed by atoms with Gasteiger partial charge in [0.05, 0.1) is 13.2 Å². The molecule has 0 aromatic carbocycles. The number of hydrogen-bond acceptors (Lipinski definition) is 6. The van der Waals surface area contributed by atoms with Crippen molar-refractivity contribution >= 4 is 5.91 Å². The summed E-state index contributed by atoms with van der Waals surface area (Å²) in [4.78, 5) is 18.9. The zero-order valence-electron chi connectivity index (χ0n) is 14.5. The van der Waals surface area contributed by atoms with Gasteiger partial charge in [0.1, 0.15) is 12.4 Å². The average molecular weight is 355 g/mol. The van der Waals surface area contributed by atoms with Crippen LogP contribution >= 0.6 is 0 Å². The second-order valence-corrected chi connectivity index (χ2v) is 7.11. The lowest BCUT2D eigenvalue weighted by Gasteiger charge is -2.21. The van der Waals surface area contributed by atoms with E-state index in [4.69, 9.17) is 9.47 Å². The summed E-state index contributed by atoms with van der Waals surface area (Å²) >= 11 is 0. The normalized spacial score (nSPS) is 26.8. The molecule has 1 saturated carbocycles. The van der Waals surface area contributed by atoms with Crippen molar-refractivity contribution in [2.75, 3.05) is 26.3 Å². The van der Waals surface area contributed by atoms with Crippen LogP contribution in [0.25, 0.3) is 0 Å². The Bertz CT molecular complexity index is 798. The van der Waals surface area contributed by atoms with E-state index in [0.29, 0.717) is 44.0 Å². The first-order valence-electron chi connectivity index (χ1n) is 9.12. The van der Waals surface area contributed by atoms with Gasteiger partial charge in [0, 0.05) is 44.2 Å². The van der Waals surface area contributed by atoms with Crippen LogP contribution in [0.1, 0.15) is 11.6 Å². The van der Waals surface area contributed by atoms with Gasteiger partial charge in [0.25, 0.3) is 0 Å². The lowest BCUT2D eigenvalue weighted by molar-refractivity contribution is -0.134. The molecule has 3 atom stereocenters. The smallest absolute Gasteiger partial charge is 0.226 e. The zero-order chi connectivity index (χ0) is 17.5. The minimum atomic E-state index is 0.180. The number of carbonyl (C=O) groups excluding carboxylic acids is 1. The Morgan fingerprint density at radius 3 is 2.88 bits per heavy atom. The number of fused-ring (bicyclic) bond motifs is 2. The molecule has 5 rings (SSSR count). The van der Waals surface area contributed by atoms with Crippen molar-refractivity contribution in [3.05, 3.63) is 36.0 Å². The van der Waals surface area contributed by atoms with Crippen LogP contribution in [0, 0.1) is 17.8 Å². The Morgan fingerprint density at radius 1 is 1.19 bits per heavy atom. The van der Waals surface area contributed by atoms with Gasteiger partial charge in [-0.1, -0.05) is 6.07 Å². The van der Waals surface area contributed by atoms with Crippen LogP contribution in [-0.2, 0) is 29.1 Å². The maximum Gasteiger partial charge on any atom is 0.226 e. The highest BCUT2D eigenvalue weighted by Gasteiger charge is 2.58. The van der Waals surface area contributed by atoms with Gasteiger partial charge < -0.3 is 18.9 Å². The van der Waals surface area contributed by atoms with Gasteiger partial charge in [0.2, 0.25) is 11.8 Å². The lowest BCUT2D eigenvalue weighted by atomic mass is 10.2. The lowest BCUT2D eigenvalue weighted by Crippen LogP contribution is -2.36. The van der Waals surface area contributed by atoms with Gasteiger partial charge in [-0.05, 0) is 17.9 Å². The average Bonchev–Trinajstić information content (AvgIpc) is 3.01. The molecule has 4 heterocycles. The summed E-state index contributed by atoms with van der Waals surface area (Å²) < 4.78 is 13.2. The van der Waals surface area contributed by atoms with Crippen molar-refractivity contribution in [2.45, 2.75) is 19.6 Å². The van der Waals surface area contributed by atoms with Crippen LogP contribution in [0.3, 0.4) is 0 Å². The van der Waals surface area contributed by atoms with E-state index in [-0.39, 0.29) is 11.8 Å². The molecular formula is C18H21N5O3. The summed E-state index contributed by atoms with van der Waals surface area (Å²) in [6, 6.07) is 5.55. The molecule has 26 heavy (non-hydrogen) atoms. The maximum absolute atomic E-state index is 12.8. The molecule has 1 unspecified atom stereocenters. The molecular weight excluding hydrogens is 334 g/mol. The summed E-state index contributed by atoms with van der Waals surface area (Å²) in [5.41, 5.74) is 0. The summed E-state index contributed by atoms with van der Waals surface area (Å²) in [6.45, 7) is 3.91. The van der Waals surface area contributed by atoms with Crippen LogP contribution in [0.5, 0.6) is 5.88 Å². The first-order valence-corrected chi connectivity index (χ1v) is 9.12. The topological polar surface area (TPSA) is 82.4 Å². The second kappa shape index (κ2) is 6.35. The number of ether oxygens (including phenoxy) is 2. The highest BCUT2D eigenvalue weighted by atomic mass is 16.5. The van der Waals surface area contributed by atoms with Gasteiger partial charge in [0.15, 0.2) is 5.82 Å². The standard InChI is InChI=1S/C18H21N5O3/c24-18(17-12-9-25-10-13(12)17)22-6-4-14-20-21-15(23(14)8-7-22)11-26-16-3-1-2-5-19-16/h1-3,5,12-13,17H,4,6-11H2/t12-,13+,17?. The molecule has 2 aromatic rings. The third-order valence-corrected chi connectivity index (χ3v) is 5.64. The molecule has 2 aromatic heterocycles. The highest BCUT2D eigenvalue weighted by Crippen LogP contribution is 2.51. The van der Waals surface area contributed by atoms with E-state index >= 15 is 0 Å². The fourth-order valence-electron chi connectivity index (χ4n) is 4.10. The quantitative estimate of drug-likeness (QED) is 0.796. The second-order valence-electron chi connectivity index (χ2n) is 7.11. The molecule has 8 heteroatoms. The Labute approximate surface area is 151 Å². The van der Waals surface area contributed by atoms with Crippen molar-refractivity contribution in [3.63, 3.8) is 0 Å². The van der Waals surface area contributed by atoms with E-state index < -0.39 is 0 Å². The Morgan fingerprint density at radius 2 is 2.08 bits per heavy atom. The first-order chi connectivity index (χ1) is 12.8. The van der Waals surface area contributed by atoms with Crippen molar-refractivity contribution in [1.82, 2.24) is 24.6 Å². The van der Waals surface area contributed by atoms with E-state index in [1.54, 1.807) is 6.20 Å². The number of hydrogen-bond donors (Lipinski definition) is 0. The minimum absolute atomic E-state index is 0.180. The highest BCUT2D eigenvalue weighted by molar-refractivity contribution is 5.82. The molecule has 3 aliphatic rings. The van der Waals surface area contributed by atoms with Gasteiger partial charge in [-0.15, -0.1) is 10.2 Å². The molecule has 1 aliphatic carbocycles. The number of aromatic nitrogens is 4.